The Hall–Kier alpha value is -0.0800. The van der Waals surface area contributed by atoms with Crippen LogP contribution < -0.4 is 5.73 Å². The van der Waals surface area contributed by atoms with Crippen molar-refractivity contribution in [1.29, 1.82) is 0 Å². The molecule has 0 aromatic heterocycles. The molecule has 2 saturated carbocycles. The lowest BCUT2D eigenvalue weighted by molar-refractivity contribution is 0.209. The van der Waals surface area contributed by atoms with E-state index in [1.54, 1.807) is 6.42 Å². The molecule has 0 aliphatic heterocycles. The Kier molecular flexibility index (Phi) is 4.87. The minimum absolute atomic E-state index is 0.734. The van der Waals surface area contributed by atoms with Crippen LogP contribution in [-0.4, -0.2) is 31.6 Å². The van der Waals surface area contributed by atoms with E-state index in [-0.39, 0.29) is 0 Å². The molecule has 2 fully saturated rings. The zero-order valence-electron chi connectivity index (χ0n) is 11.7. The maximum atomic E-state index is 5.76. The predicted octanol–water partition coefficient (Wildman–Crippen LogP) is 2.73. The van der Waals surface area contributed by atoms with Crippen molar-refractivity contribution in [2.24, 2.45) is 29.4 Å². The molecule has 17 heavy (non-hydrogen) atoms. The molecule has 0 aromatic carbocycles. The second kappa shape index (κ2) is 6.19. The van der Waals surface area contributed by atoms with Crippen molar-refractivity contribution in [1.82, 2.24) is 4.90 Å². The van der Waals surface area contributed by atoms with Crippen LogP contribution in [0.3, 0.4) is 0 Å². The smallest absolute Gasteiger partial charge is 0.000936 e. The standard InChI is InChI=1S/C15H30N2/c1-3-12(10-16)6-7-17(2)11-15-9-13-4-5-14(15)8-13/h12-15H,3-11,16H2,1-2H3. The second-order valence-electron chi connectivity index (χ2n) is 6.50. The lowest BCUT2D eigenvalue weighted by Gasteiger charge is -2.28. The Balaban J connectivity index is 1.65. The molecule has 0 saturated heterocycles. The molecule has 4 atom stereocenters. The maximum absolute atomic E-state index is 5.76. The summed E-state index contributed by atoms with van der Waals surface area (Å²) in [6.45, 7) is 5.69. The first-order valence-corrected chi connectivity index (χ1v) is 7.61. The molecule has 2 heteroatoms. The summed E-state index contributed by atoms with van der Waals surface area (Å²) in [6.07, 6.45) is 8.62. The highest BCUT2D eigenvalue weighted by Gasteiger charge is 2.39. The molecular formula is C15H30N2. The highest BCUT2D eigenvalue weighted by molar-refractivity contribution is 4.90. The molecule has 2 bridgehead atoms. The van der Waals surface area contributed by atoms with E-state index in [0.29, 0.717) is 0 Å². The molecule has 4 unspecified atom stereocenters. The van der Waals surface area contributed by atoms with E-state index >= 15 is 0 Å². The fraction of sp³-hybridized carbons (Fsp3) is 1.00. The van der Waals surface area contributed by atoms with Crippen molar-refractivity contribution in [3.63, 3.8) is 0 Å². The number of nitrogens with zero attached hydrogens (tertiary/aromatic N) is 1. The molecule has 0 spiro atoms. The Bertz CT molecular complexity index is 225. The van der Waals surface area contributed by atoms with Crippen LogP contribution in [0.1, 0.15) is 45.4 Å². The maximum Gasteiger partial charge on any atom is 0.000936 e. The number of nitrogens with two attached hydrogens (primary N) is 1. The summed E-state index contributed by atoms with van der Waals surface area (Å²) in [5.41, 5.74) is 5.76. The van der Waals surface area contributed by atoms with E-state index in [0.717, 1.165) is 30.2 Å². The Labute approximate surface area is 107 Å². The van der Waals surface area contributed by atoms with Gasteiger partial charge in [-0.25, -0.2) is 0 Å². The van der Waals surface area contributed by atoms with Crippen molar-refractivity contribution < 1.29 is 0 Å². The second-order valence-corrected chi connectivity index (χ2v) is 6.50. The lowest BCUT2D eigenvalue weighted by Crippen LogP contribution is -2.31. The van der Waals surface area contributed by atoms with Gasteiger partial charge in [-0.1, -0.05) is 19.8 Å². The molecular weight excluding hydrogens is 208 g/mol. The first kappa shape index (κ1) is 13.4. The Morgan fingerprint density at radius 3 is 2.65 bits per heavy atom. The molecule has 0 aromatic rings. The van der Waals surface area contributed by atoms with Gasteiger partial charge < -0.3 is 10.6 Å². The van der Waals surface area contributed by atoms with Crippen LogP contribution in [0, 0.1) is 23.7 Å². The largest absolute Gasteiger partial charge is 0.330 e. The summed E-state index contributed by atoms with van der Waals surface area (Å²) >= 11 is 0. The van der Waals surface area contributed by atoms with Crippen molar-refractivity contribution >= 4 is 0 Å². The van der Waals surface area contributed by atoms with Crippen LogP contribution in [0.15, 0.2) is 0 Å². The van der Waals surface area contributed by atoms with Crippen LogP contribution >= 0.6 is 0 Å². The summed E-state index contributed by atoms with van der Waals surface area (Å²) in [6, 6.07) is 0. The highest BCUT2D eigenvalue weighted by atomic mass is 15.1. The first-order chi connectivity index (χ1) is 8.22. The van der Waals surface area contributed by atoms with E-state index in [1.165, 1.54) is 45.2 Å². The molecule has 2 aliphatic carbocycles. The summed E-state index contributed by atoms with van der Waals surface area (Å²) in [5, 5.41) is 0. The minimum atomic E-state index is 0.734. The zero-order valence-corrected chi connectivity index (χ0v) is 11.7. The van der Waals surface area contributed by atoms with Gasteiger partial charge >= 0.3 is 0 Å². The predicted molar refractivity (Wildman–Crippen MR) is 73.9 cm³/mol. The van der Waals surface area contributed by atoms with Crippen molar-refractivity contribution in [3.8, 4) is 0 Å². The van der Waals surface area contributed by atoms with Crippen molar-refractivity contribution in [2.45, 2.75) is 45.4 Å². The molecule has 0 radical (unpaired) electrons. The Morgan fingerprint density at radius 2 is 2.12 bits per heavy atom. The number of hydrogen-bond donors (Lipinski definition) is 1. The van der Waals surface area contributed by atoms with Crippen molar-refractivity contribution in [3.05, 3.63) is 0 Å². The van der Waals surface area contributed by atoms with Gasteiger partial charge in [-0.2, -0.15) is 0 Å². The van der Waals surface area contributed by atoms with E-state index in [1.807, 2.05) is 0 Å². The van der Waals surface area contributed by atoms with Crippen LogP contribution in [0.5, 0.6) is 0 Å². The molecule has 2 rings (SSSR count). The van der Waals surface area contributed by atoms with Gasteiger partial charge in [-0.3, -0.25) is 0 Å². The third kappa shape index (κ3) is 3.45. The average Bonchev–Trinajstić information content (AvgIpc) is 2.92. The van der Waals surface area contributed by atoms with Crippen LogP contribution in [-0.2, 0) is 0 Å². The molecule has 0 heterocycles. The number of fused-ring (bicyclic) bond motifs is 2. The van der Waals surface area contributed by atoms with Gasteiger partial charge in [-0.05, 0) is 69.5 Å². The third-order valence-electron chi connectivity index (χ3n) is 5.26. The SMILES string of the molecule is CCC(CN)CCN(C)CC1CC2CCC1C2. The van der Waals surface area contributed by atoms with E-state index in [9.17, 15) is 0 Å². The van der Waals surface area contributed by atoms with E-state index in [2.05, 4.69) is 18.9 Å². The monoisotopic (exact) mass is 238 g/mol. The fourth-order valence-corrected chi connectivity index (χ4v) is 3.98. The number of rotatable bonds is 7. The van der Waals surface area contributed by atoms with Crippen molar-refractivity contribution in [2.75, 3.05) is 26.7 Å². The van der Waals surface area contributed by atoms with Gasteiger partial charge in [0.25, 0.3) is 0 Å². The summed E-state index contributed by atoms with van der Waals surface area (Å²) in [4.78, 5) is 2.56. The lowest BCUT2D eigenvalue weighted by atomic mass is 9.88. The quantitative estimate of drug-likeness (QED) is 0.739. The third-order valence-corrected chi connectivity index (χ3v) is 5.26. The zero-order chi connectivity index (χ0) is 12.3. The highest BCUT2D eigenvalue weighted by Crippen LogP contribution is 2.48. The summed E-state index contributed by atoms with van der Waals surface area (Å²) < 4.78 is 0. The molecule has 2 aliphatic rings. The van der Waals surface area contributed by atoms with Crippen LogP contribution in [0.2, 0.25) is 0 Å². The van der Waals surface area contributed by atoms with Gasteiger partial charge in [0.05, 0.1) is 0 Å². The normalized spacial score (nSPS) is 33.5. The molecule has 2 N–H and O–H groups in total. The molecule has 100 valence electrons. The van der Waals surface area contributed by atoms with Crippen LogP contribution in [0.25, 0.3) is 0 Å². The Morgan fingerprint density at radius 1 is 1.29 bits per heavy atom. The van der Waals surface area contributed by atoms with Gasteiger partial charge in [0.2, 0.25) is 0 Å². The van der Waals surface area contributed by atoms with E-state index < -0.39 is 0 Å². The first-order valence-electron chi connectivity index (χ1n) is 7.61. The van der Waals surface area contributed by atoms with Gasteiger partial charge in [0.15, 0.2) is 0 Å². The molecule has 0 amide bonds. The van der Waals surface area contributed by atoms with Gasteiger partial charge in [0, 0.05) is 6.54 Å². The minimum Gasteiger partial charge on any atom is -0.330 e. The van der Waals surface area contributed by atoms with Crippen LogP contribution in [0.4, 0.5) is 0 Å². The summed E-state index contributed by atoms with van der Waals surface area (Å²) in [7, 11) is 2.30. The fourth-order valence-electron chi connectivity index (χ4n) is 3.98. The number of hydrogen-bond acceptors (Lipinski definition) is 2. The molecule has 2 nitrogen and oxygen atoms in total. The van der Waals surface area contributed by atoms with E-state index in [4.69, 9.17) is 5.73 Å². The summed E-state index contributed by atoms with van der Waals surface area (Å²) in [5.74, 6) is 3.90. The average molecular weight is 238 g/mol. The van der Waals surface area contributed by atoms with Gasteiger partial charge in [0.1, 0.15) is 0 Å². The topological polar surface area (TPSA) is 29.3 Å². The van der Waals surface area contributed by atoms with Gasteiger partial charge in [-0.15, -0.1) is 0 Å².